The van der Waals surface area contributed by atoms with Crippen LogP contribution < -0.4 is 0 Å². The van der Waals surface area contributed by atoms with Crippen molar-refractivity contribution in [3.63, 3.8) is 0 Å². The van der Waals surface area contributed by atoms with Gasteiger partial charge in [-0.1, -0.05) is 38.8 Å². The van der Waals surface area contributed by atoms with Gasteiger partial charge in [0.15, 0.2) is 0 Å². The van der Waals surface area contributed by atoms with Gasteiger partial charge >= 0.3 is 12.1 Å². The maximum absolute atomic E-state index is 11.6. The molecule has 0 N–H and O–H groups in total. The Balaban J connectivity index is 2.38. The maximum Gasteiger partial charge on any atom is 0.549 e. The van der Waals surface area contributed by atoms with Crippen molar-refractivity contribution >= 4 is 12.1 Å². The minimum atomic E-state index is -1.01. The highest BCUT2D eigenvalue weighted by molar-refractivity contribution is 5.89. The summed E-state index contributed by atoms with van der Waals surface area (Å²) in [6.45, 7) is 4.23. The van der Waals surface area contributed by atoms with E-state index in [2.05, 4.69) is 21.4 Å². The number of aryl methyl sites for hydroxylation is 1. The zero-order valence-electron chi connectivity index (χ0n) is 12.6. The van der Waals surface area contributed by atoms with E-state index in [0.29, 0.717) is 12.0 Å². The average Bonchev–Trinajstić information content (AvgIpc) is 2.51. The van der Waals surface area contributed by atoms with Gasteiger partial charge in [-0.15, -0.1) is 0 Å². The highest BCUT2D eigenvalue weighted by Crippen LogP contribution is 2.10. The van der Waals surface area contributed by atoms with Gasteiger partial charge in [-0.05, 0) is 37.0 Å². The van der Waals surface area contributed by atoms with Gasteiger partial charge < -0.3 is 4.74 Å². The molecule has 0 saturated heterocycles. The smallest absolute Gasteiger partial charge is 0.432 e. The molecule has 0 amide bonds. The third-order valence-corrected chi connectivity index (χ3v) is 2.87. The quantitative estimate of drug-likeness (QED) is 0.328. The van der Waals surface area contributed by atoms with Crippen LogP contribution in [0.3, 0.4) is 0 Å². The number of hydrogen-bond acceptors (Lipinski definition) is 5. The van der Waals surface area contributed by atoms with Crippen LogP contribution in [0.4, 0.5) is 4.79 Å². The monoisotopic (exact) mass is 294 g/mol. The van der Waals surface area contributed by atoms with Gasteiger partial charge in [-0.2, -0.15) is 4.79 Å². The summed E-state index contributed by atoms with van der Waals surface area (Å²) in [7, 11) is 0. The normalized spacial score (nSPS) is 10.0. The number of hydrogen-bond donors (Lipinski definition) is 0. The van der Waals surface area contributed by atoms with E-state index in [-0.39, 0.29) is 6.61 Å². The first-order valence-electron chi connectivity index (χ1n) is 7.32. The van der Waals surface area contributed by atoms with E-state index >= 15 is 0 Å². The van der Waals surface area contributed by atoms with Crippen molar-refractivity contribution in [1.82, 2.24) is 0 Å². The Morgan fingerprint density at radius 1 is 0.952 bits per heavy atom. The van der Waals surface area contributed by atoms with Gasteiger partial charge in [0.05, 0.1) is 12.2 Å². The molecule has 1 rings (SSSR count). The first-order chi connectivity index (χ1) is 10.2. The molecule has 0 aliphatic carbocycles. The molecular weight excluding hydrogens is 272 g/mol. The van der Waals surface area contributed by atoms with Crippen LogP contribution in [0.15, 0.2) is 24.3 Å². The summed E-state index contributed by atoms with van der Waals surface area (Å²) in [5.41, 5.74) is 1.50. The molecule has 0 aliphatic rings. The molecule has 1 aromatic carbocycles. The fourth-order valence-electron chi connectivity index (χ4n) is 1.72. The van der Waals surface area contributed by atoms with Crippen LogP contribution in [0.5, 0.6) is 0 Å². The lowest BCUT2D eigenvalue weighted by Crippen LogP contribution is -2.13. The Labute approximate surface area is 125 Å². The Hall–Kier alpha value is -2.04. The fourth-order valence-corrected chi connectivity index (χ4v) is 1.72. The van der Waals surface area contributed by atoms with E-state index in [4.69, 9.17) is 0 Å². The van der Waals surface area contributed by atoms with Crippen LogP contribution >= 0.6 is 0 Å². The van der Waals surface area contributed by atoms with Crippen molar-refractivity contribution in [2.45, 2.75) is 46.0 Å². The summed E-state index contributed by atoms with van der Waals surface area (Å²) in [5, 5.41) is 0. The summed E-state index contributed by atoms with van der Waals surface area (Å²) in [5.74, 6) is -0.719. The molecule has 5 nitrogen and oxygen atoms in total. The number of carbonyl (C=O) groups is 2. The molecule has 0 fully saturated rings. The second-order valence-corrected chi connectivity index (χ2v) is 4.71. The topological polar surface area (TPSA) is 61.8 Å². The van der Waals surface area contributed by atoms with Crippen LogP contribution in [-0.2, 0) is 20.9 Å². The minimum absolute atomic E-state index is 0.225. The average molecular weight is 294 g/mol. The molecule has 0 saturated carbocycles. The van der Waals surface area contributed by atoms with Crippen LogP contribution in [0.25, 0.3) is 0 Å². The Morgan fingerprint density at radius 2 is 1.67 bits per heavy atom. The number of rotatable bonds is 7. The summed E-state index contributed by atoms with van der Waals surface area (Å²) >= 11 is 0. The summed E-state index contributed by atoms with van der Waals surface area (Å²) in [6, 6.07) is 7.07. The molecule has 116 valence electrons. The molecule has 0 spiro atoms. The van der Waals surface area contributed by atoms with Crippen LogP contribution in [0.2, 0.25) is 0 Å². The molecule has 0 bridgehead atoms. The highest BCUT2D eigenvalue weighted by Gasteiger charge is 2.12. The maximum atomic E-state index is 11.6. The van der Waals surface area contributed by atoms with Gasteiger partial charge in [0, 0.05) is 0 Å². The molecule has 21 heavy (non-hydrogen) atoms. The van der Waals surface area contributed by atoms with Crippen molar-refractivity contribution in [3.8, 4) is 0 Å². The van der Waals surface area contributed by atoms with Crippen molar-refractivity contribution in [1.29, 1.82) is 0 Å². The summed E-state index contributed by atoms with van der Waals surface area (Å²) in [4.78, 5) is 31.3. The highest BCUT2D eigenvalue weighted by atomic mass is 17.2. The summed E-state index contributed by atoms with van der Waals surface area (Å²) < 4.78 is 4.61. The molecule has 0 heterocycles. The Kier molecular flexibility index (Phi) is 7.94. The van der Waals surface area contributed by atoms with Crippen molar-refractivity contribution in [2.75, 3.05) is 6.61 Å². The third kappa shape index (κ3) is 6.79. The number of carbonyl (C=O) groups excluding carboxylic acids is 2. The molecule has 0 unspecified atom stereocenters. The van der Waals surface area contributed by atoms with Gasteiger partial charge in [0.25, 0.3) is 0 Å². The molecular formula is C16H22O5. The van der Waals surface area contributed by atoms with Gasteiger partial charge in [0.2, 0.25) is 0 Å². The summed E-state index contributed by atoms with van der Waals surface area (Å²) in [6.07, 6.45) is 4.15. The fraction of sp³-hybridized carbons (Fsp3) is 0.500. The SMILES string of the molecule is CCCCCc1ccc(C(=O)OOC(=O)OCCC)cc1. The van der Waals surface area contributed by atoms with E-state index in [0.717, 1.165) is 12.8 Å². The van der Waals surface area contributed by atoms with Crippen molar-refractivity contribution in [3.05, 3.63) is 35.4 Å². The molecule has 0 aromatic heterocycles. The Morgan fingerprint density at radius 3 is 2.29 bits per heavy atom. The predicted molar refractivity (Wildman–Crippen MR) is 77.8 cm³/mol. The molecule has 0 atom stereocenters. The molecule has 0 aliphatic heterocycles. The molecule has 1 aromatic rings. The standard InChI is InChI=1S/C16H22O5/c1-3-5-6-7-13-8-10-14(11-9-13)15(17)20-21-16(18)19-12-4-2/h8-11H,3-7,12H2,1-2H3. The van der Waals surface area contributed by atoms with Crippen molar-refractivity contribution in [2.24, 2.45) is 0 Å². The van der Waals surface area contributed by atoms with Crippen LogP contribution in [0, 0.1) is 0 Å². The lowest BCUT2D eigenvalue weighted by Gasteiger charge is -2.05. The Bertz CT molecular complexity index is 438. The zero-order valence-corrected chi connectivity index (χ0v) is 12.6. The van der Waals surface area contributed by atoms with E-state index < -0.39 is 12.1 Å². The first-order valence-corrected chi connectivity index (χ1v) is 7.32. The molecule has 0 radical (unpaired) electrons. The first kappa shape index (κ1) is 17.0. The second-order valence-electron chi connectivity index (χ2n) is 4.71. The lowest BCUT2D eigenvalue weighted by atomic mass is 10.1. The lowest BCUT2D eigenvalue weighted by molar-refractivity contribution is -0.203. The van der Waals surface area contributed by atoms with Gasteiger partial charge in [-0.3, -0.25) is 0 Å². The third-order valence-electron chi connectivity index (χ3n) is 2.87. The number of ether oxygens (including phenoxy) is 1. The molecule has 5 heteroatoms. The number of benzene rings is 1. The van der Waals surface area contributed by atoms with E-state index in [1.165, 1.54) is 18.4 Å². The minimum Gasteiger partial charge on any atom is -0.432 e. The zero-order chi connectivity index (χ0) is 15.5. The second kappa shape index (κ2) is 9.80. The van der Waals surface area contributed by atoms with Gasteiger partial charge in [-0.25, -0.2) is 14.6 Å². The number of unbranched alkanes of at least 4 members (excludes halogenated alkanes) is 2. The van der Waals surface area contributed by atoms with Gasteiger partial charge in [0.1, 0.15) is 0 Å². The largest absolute Gasteiger partial charge is 0.549 e. The van der Waals surface area contributed by atoms with E-state index in [9.17, 15) is 9.59 Å². The van der Waals surface area contributed by atoms with E-state index in [1.54, 1.807) is 12.1 Å². The van der Waals surface area contributed by atoms with Crippen molar-refractivity contribution < 1.29 is 24.1 Å². The predicted octanol–water partition coefficient (Wildman–Crippen LogP) is 4.05. The van der Waals surface area contributed by atoms with Crippen LogP contribution in [-0.4, -0.2) is 18.7 Å². The van der Waals surface area contributed by atoms with E-state index in [1.807, 2.05) is 19.1 Å². The van der Waals surface area contributed by atoms with Crippen LogP contribution in [0.1, 0.15) is 55.5 Å².